The van der Waals surface area contributed by atoms with Gasteiger partial charge in [-0.05, 0) is 33.2 Å². The Hall–Kier alpha value is -1.07. The van der Waals surface area contributed by atoms with Crippen molar-refractivity contribution in [2.45, 2.75) is 59.0 Å². The van der Waals surface area contributed by atoms with Gasteiger partial charge in [-0.25, -0.2) is 4.68 Å². The predicted octanol–water partition coefficient (Wildman–Crippen LogP) is 2.64. The fourth-order valence-corrected chi connectivity index (χ4v) is 2.96. The van der Waals surface area contributed by atoms with Gasteiger partial charge in [-0.3, -0.25) is 4.90 Å². The molecular formula is C16H32N4O. The van der Waals surface area contributed by atoms with Crippen LogP contribution in [0.25, 0.3) is 0 Å². The van der Waals surface area contributed by atoms with Gasteiger partial charge in [0.1, 0.15) is 0 Å². The number of hydrogen-bond acceptors (Lipinski definition) is 4. The Morgan fingerprint density at radius 1 is 1.38 bits per heavy atom. The second-order valence-electron chi connectivity index (χ2n) is 5.73. The van der Waals surface area contributed by atoms with Crippen LogP contribution in [0.2, 0.25) is 0 Å². The third kappa shape index (κ3) is 3.98. The van der Waals surface area contributed by atoms with Gasteiger partial charge in [0.2, 0.25) is 5.88 Å². The van der Waals surface area contributed by atoms with Crippen molar-refractivity contribution in [2.24, 2.45) is 12.8 Å². The van der Waals surface area contributed by atoms with Crippen LogP contribution >= 0.6 is 0 Å². The summed E-state index contributed by atoms with van der Waals surface area (Å²) in [6, 6.07) is 0.657. The molecule has 0 bridgehead atoms. The maximum absolute atomic E-state index is 6.14. The minimum atomic E-state index is 0.162. The van der Waals surface area contributed by atoms with Crippen molar-refractivity contribution < 1.29 is 4.74 Å². The summed E-state index contributed by atoms with van der Waals surface area (Å²) in [5.74, 6) is 0.827. The highest BCUT2D eigenvalue weighted by atomic mass is 16.5. The van der Waals surface area contributed by atoms with Gasteiger partial charge < -0.3 is 10.5 Å². The average Bonchev–Trinajstić information content (AvgIpc) is 2.76. The number of unbranched alkanes of at least 4 members (excludes halogenated alkanes) is 1. The predicted molar refractivity (Wildman–Crippen MR) is 87.7 cm³/mol. The molecule has 1 rings (SSSR count). The Labute approximate surface area is 129 Å². The van der Waals surface area contributed by atoms with Crippen LogP contribution in [0.1, 0.15) is 57.3 Å². The van der Waals surface area contributed by atoms with E-state index in [1.165, 1.54) is 12.8 Å². The van der Waals surface area contributed by atoms with Gasteiger partial charge in [-0.1, -0.05) is 20.3 Å². The van der Waals surface area contributed by atoms with Crippen molar-refractivity contribution in [3.63, 3.8) is 0 Å². The number of hydrogen-bond donors (Lipinski definition) is 1. The molecule has 0 amide bonds. The molecule has 2 unspecified atom stereocenters. The highest BCUT2D eigenvalue weighted by molar-refractivity contribution is 5.34. The lowest BCUT2D eigenvalue weighted by atomic mass is 10.0. The van der Waals surface area contributed by atoms with Gasteiger partial charge in [0.15, 0.2) is 0 Å². The monoisotopic (exact) mass is 296 g/mol. The van der Waals surface area contributed by atoms with Crippen molar-refractivity contribution in [1.82, 2.24) is 14.7 Å². The molecule has 0 saturated carbocycles. The fourth-order valence-electron chi connectivity index (χ4n) is 2.96. The van der Waals surface area contributed by atoms with E-state index in [1.54, 1.807) is 7.11 Å². The van der Waals surface area contributed by atoms with E-state index in [9.17, 15) is 0 Å². The summed E-state index contributed by atoms with van der Waals surface area (Å²) in [7, 11) is 3.62. The number of nitrogens with two attached hydrogens (primary N) is 1. The van der Waals surface area contributed by atoms with E-state index in [4.69, 9.17) is 10.5 Å². The van der Waals surface area contributed by atoms with Gasteiger partial charge in [-0.2, -0.15) is 5.10 Å². The zero-order valence-corrected chi connectivity index (χ0v) is 14.5. The van der Waals surface area contributed by atoms with E-state index in [0.29, 0.717) is 12.6 Å². The number of methoxy groups -OCH3 is 1. The second-order valence-corrected chi connectivity index (χ2v) is 5.73. The normalized spacial score (nSPS) is 14.5. The van der Waals surface area contributed by atoms with Crippen molar-refractivity contribution in [3.05, 3.63) is 11.3 Å². The van der Waals surface area contributed by atoms with Gasteiger partial charge in [0.25, 0.3) is 0 Å². The first-order valence-electron chi connectivity index (χ1n) is 8.04. The van der Waals surface area contributed by atoms with E-state index in [1.807, 2.05) is 18.7 Å². The standard InChI is InChI=1S/C16H32N4O/c1-7-9-10-20(12(3)8-2)14(11-17)15-13(4)18-19(5)16(15)21-6/h12,14H,7-11,17H2,1-6H3. The van der Waals surface area contributed by atoms with Crippen LogP contribution in [-0.4, -0.2) is 40.9 Å². The summed E-state index contributed by atoms with van der Waals surface area (Å²) in [6.07, 6.45) is 3.48. The number of aromatic nitrogens is 2. The molecule has 0 aliphatic rings. The molecule has 21 heavy (non-hydrogen) atoms. The van der Waals surface area contributed by atoms with E-state index < -0.39 is 0 Å². The molecule has 0 aliphatic carbocycles. The van der Waals surface area contributed by atoms with E-state index in [2.05, 4.69) is 30.8 Å². The number of rotatable bonds is 9. The number of aryl methyl sites for hydroxylation is 2. The number of ether oxygens (including phenoxy) is 1. The molecule has 0 fully saturated rings. The quantitative estimate of drug-likeness (QED) is 0.761. The highest BCUT2D eigenvalue weighted by Gasteiger charge is 2.29. The molecule has 0 radical (unpaired) electrons. The van der Waals surface area contributed by atoms with Gasteiger partial charge >= 0.3 is 0 Å². The molecule has 2 N–H and O–H groups in total. The maximum Gasteiger partial charge on any atom is 0.216 e. The van der Waals surface area contributed by atoms with Crippen molar-refractivity contribution >= 4 is 0 Å². The topological polar surface area (TPSA) is 56.3 Å². The smallest absolute Gasteiger partial charge is 0.216 e. The molecule has 5 nitrogen and oxygen atoms in total. The first-order valence-corrected chi connectivity index (χ1v) is 8.04. The molecule has 122 valence electrons. The lowest BCUT2D eigenvalue weighted by Gasteiger charge is -2.36. The largest absolute Gasteiger partial charge is 0.481 e. The van der Waals surface area contributed by atoms with Gasteiger partial charge in [0.05, 0.1) is 24.4 Å². The summed E-state index contributed by atoms with van der Waals surface area (Å²) in [5.41, 5.74) is 8.28. The van der Waals surface area contributed by atoms with Crippen LogP contribution in [0, 0.1) is 6.92 Å². The minimum Gasteiger partial charge on any atom is -0.481 e. The third-order valence-corrected chi connectivity index (χ3v) is 4.29. The number of nitrogens with zero attached hydrogens (tertiary/aromatic N) is 3. The molecule has 0 saturated heterocycles. The first kappa shape index (κ1) is 18.0. The highest BCUT2D eigenvalue weighted by Crippen LogP contribution is 2.33. The summed E-state index contributed by atoms with van der Waals surface area (Å²) in [4.78, 5) is 2.51. The van der Waals surface area contributed by atoms with Crippen LogP contribution in [0.5, 0.6) is 5.88 Å². The summed E-state index contributed by atoms with van der Waals surface area (Å²) >= 11 is 0. The maximum atomic E-state index is 6.14. The third-order valence-electron chi connectivity index (χ3n) is 4.29. The van der Waals surface area contributed by atoms with Crippen LogP contribution < -0.4 is 10.5 Å². The van der Waals surface area contributed by atoms with Gasteiger partial charge in [0, 0.05) is 19.6 Å². The molecule has 1 aromatic heterocycles. The van der Waals surface area contributed by atoms with Crippen molar-refractivity contribution in [3.8, 4) is 5.88 Å². The van der Waals surface area contributed by atoms with Gasteiger partial charge in [-0.15, -0.1) is 0 Å². The van der Waals surface area contributed by atoms with Crippen LogP contribution in [0.4, 0.5) is 0 Å². The summed E-state index contributed by atoms with van der Waals surface area (Å²) in [6.45, 7) is 10.4. The molecule has 0 aliphatic heterocycles. The SMILES string of the molecule is CCCCN(C(C)CC)C(CN)c1c(C)nn(C)c1OC. The minimum absolute atomic E-state index is 0.162. The Bertz CT molecular complexity index is 430. The molecule has 5 heteroatoms. The lowest BCUT2D eigenvalue weighted by Crippen LogP contribution is -2.40. The Morgan fingerprint density at radius 3 is 2.52 bits per heavy atom. The molecule has 0 aromatic carbocycles. The van der Waals surface area contributed by atoms with Crippen LogP contribution in [-0.2, 0) is 7.05 Å². The lowest BCUT2D eigenvalue weighted by molar-refractivity contribution is 0.138. The first-order chi connectivity index (χ1) is 10.0. The van der Waals surface area contributed by atoms with E-state index in [0.717, 1.165) is 30.1 Å². The van der Waals surface area contributed by atoms with Crippen molar-refractivity contribution in [2.75, 3.05) is 20.2 Å². The molecule has 1 heterocycles. The Kier molecular flexibility index (Phi) is 7.18. The molecule has 1 aromatic rings. The Morgan fingerprint density at radius 2 is 2.05 bits per heavy atom. The van der Waals surface area contributed by atoms with E-state index >= 15 is 0 Å². The van der Waals surface area contributed by atoms with Crippen molar-refractivity contribution in [1.29, 1.82) is 0 Å². The zero-order chi connectivity index (χ0) is 16.0. The fraction of sp³-hybridized carbons (Fsp3) is 0.812. The summed E-state index contributed by atoms with van der Waals surface area (Å²) in [5, 5.41) is 4.51. The average molecular weight is 296 g/mol. The molecule has 2 atom stereocenters. The molecular weight excluding hydrogens is 264 g/mol. The van der Waals surface area contributed by atoms with Crippen LogP contribution in [0.15, 0.2) is 0 Å². The van der Waals surface area contributed by atoms with E-state index in [-0.39, 0.29) is 6.04 Å². The zero-order valence-electron chi connectivity index (χ0n) is 14.5. The summed E-state index contributed by atoms with van der Waals surface area (Å²) < 4.78 is 7.37. The molecule has 0 spiro atoms. The Balaban J connectivity index is 3.18. The second kappa shape index (κ2) is 8.39. The van der Waals surface area contributed by atoms with Crippen LogP contribution in [0.3, 0.4) is 0 Å².